The molecule has 2 aliphatic rings. The Morgan fingerprint density at radius 1 is 1.64 bits per heavy atom. The largest absolute Gasteiger partial charge is 0.315 e. The van der Waals surface area contributed by atoms with Crippen molar-refractivity contribution in [3.63, 3.8) is 0 Å². The first-order chi connectivity index (χ1) is 5.27. The molecule has 2 heterocycles. The number of hydrogen-bond donors (Lipinski definition) is 1. The second kappa shape index (κ2) is 2.29. The lowest BCUT2D eigenvalue weighted by molar-refractivity contribution is -0.117. The van der Waals surface area contributed by atoms with E-state index in [0.29, 0.717) is 5.41 Å². The van der Waals surface area contributed by atoms with Crippen LogP contribution >= 0.6 is 0 Å². The molecule has 0 aromatic heterocycles. The minimum Gasteiger partial charge on any atom is -0.315 e. The Morgan fingerprint density at radius 2 is 2.36 bits per heavy atom. The smallest absolute Gasteiger partial charge is 0.125 e. The molecule has 0 aliphatic carbocycles. The molecule has 3 nitrogen and oxygen atoms in total. The normalized spacial score (nSPS) is 35.5. The minimum absolute atomic E-state index is 0.263. The quantitative estimate of drug-likeness (QED) is 0.509. The standard InChI is InChI=1S/C8H14N2O/c1-10-5-8(6-10)4-9-2-7(8)3-11/h3,7,9H,2,4-6H2,1H3. The van der Waals surface area contributed by atoms with Crippen molar-refractivity contribution in [2.75, 3.05) is 33.2 Å². The summed E-state index contributed by atoms with van der Waals surface area (Å²) in [5.74, 6) is 0.263. The van der Waals surface area contributed by atoms with Gasteiger partial charge in [0.25, 0.3) is 0 Å². The number of nitrogens with zero attached hydrogens (tertiary/aromatic N) is 1. The number of carbonyl (C=O) groups excluding carboxylic acids is 1. The van der Waals surface area contributed by atoms with Crippen molar-refractivity contribution in [3.05, 3.63) is 0 Å². The molecule has 1 N–H and O–H groups in total. The highest BCUT2D eigenvalue weighted by molar-refractivity contribution is 5.57. The lowest BCUT2D eigenvalue weighted by atomic mass is 9.72. The van der Waals surface area contributed by atoms with Crippen molar-refractivity contribution in [2.24, 2.45) is 11.3 Å². The van der Waals surface area contributed by atoms with Crippen LogP contribution < -0.4 is 5.32 Å². The fourth-order valence-electron chi connectivity index (χ4n) is 2.39. The SMILES string of the molecule is CN1CC2(CNCC2C=O)C1. The molecule has 62 valence electrons. The fourth-order valence-corrected chi connectivity index (χ4v) is 2.39. The van der Waals surface area contributed by atoms with Crippen LogP contribution in [0.3, 0.4) is 0 Å². The summed E-state index contributed by atoms with van der Waals surface area (Å²) >= 11 is 0. The van der Waals surface area contributed by atoms with Gasteiger partial charge in [-0.25, -0.2) is 0 Å². The Morgan fingerprint density at radius 3 is 2.91 bits per heavy atom. The van der Waals surface area contributed by atoms with Crippen molar-refractivity contribution >= 4 is 6.29 Å². The molecule has 1 spiro atoms. The first kappa shape index (κ1) is 7.25. The predicted octanol–water partition coefficient (Wildman–Crippen LogP) is -0.663. The second-order valence-electron chi connectivity index (χ2n) is 3.91. The molecule has 1 unspecified atom stereocenters. The van der Waals surface area contributed by atoms with E-state index in [4.69, 9.17) is 0 Å². The monoisotopic (exact) mass is 154 g/mol. The van der Waals surface area contributed by atoms with Gasteiger partial charge in [0.15, 0.2) is 0 Å². The van der Waals surface area contributed by atoms with Crippen molar-refractivity contribution in [1.29, 1.82) is 0 Å². The van der Waals surface area contributed by atoms with Gasteiger partial charge in [0.05, 0.1) is 0 Å². The molecule has 0 saturated carbocycles. The molecule has 2 aliphatic heterocycles. The molecule has 2 rings (SSSR count). The van der Waals surface area contributed by atoms with Crippen molar-refractivity contribution in [1.82, 2.24) is 10.2 Å². The van der Waals surface area contributed by atoms with E-state index in [9.17, 15) is 4.79 Å². The average molecular weight is 154 g/mol. The molecule has 2 fully saturated rings. The summed E-state index contributed by atoms with van der Waals surface area (Å²) in [7, 11) is 2.10. The molecular weight excluding hydrogens is 140 g/mol. The Bertz CT molecular complexity index is 175. The summed E-state index contributed by atoms with van der Waals surface area (Å²) in [6, 6.07) is 0. The third kappa shape index (κ3) is 0.914. The molecular formula is C8H14N2O. The van der Waals surface area contributed by atoms with Crippen molar-refractivity contribution < 1.29 is 4.79 Å². The number of rotatable bonds is 1. The van der Waals surface area contributed by atoms with Gasteiger partial charge < -0.3 is 15.0 Å². The highest BCUT2D eigenvalue weighted by atomic mass is 16.1. The number of aldehydes is 1. The minimum atomic E-state index is 0.263. The summed E-state index contributed by atoms with van der Waals surface area (Å²) in [5, 5.41) is 3.28. The molecule has 2 saturated heterocycles. The molecule has 0 radical (unpaired) electrons. The van der Waals surface area contributed by atoms with Crippen LogP contribution in [0.1, 0.15) is 0 Å². The highest BCUT2D eigenvalue weighted by Gasteiger charge is 2.49. The molecule has 0 bridgehead atoms. The van der Waals surface area contributed by atoms with Gasteiger partial charge in [0, 0.05) is 37.5 Å². The fraction of sp³-hybridized carbons (Fsp3) is 0.875. The molecule has 0 amide bonds. The predicted molar refractivity (Wildman–Crippen MR) is 42.4 cm³/mol. The lowest BCUT2D eigenvalue weighted by Crippen LogP contribution is -2.58. The zero-order valence-electron chi connectivity index (χ0n) is 6.84. The van der Waals surface area contributed by atoms with Crippen molar-refractivity contribution in [2.45, 2.75) is 0 Å². The molecule has 1 atom stereocenters. The van der Waals surface area contributed by atoms with E-state index in [1.807, 2.05) is 0 Å². The number of hydrogen-bond acceptors (Lipinski definition) is 3. The lowest BCUT2D eigenvalue weighted by Gasteiger charge is -2.48. The molecule has 0 aromatic rings. The highest BCUT2D eigenvalue weighted by Crippen LogP contribution is 2.38. The maximum atomic E-state index is 10.7. The Kier molecular flexibility index (Phi) is 1.51. The summed E-state index contributed by atoms with van der Waals surface area (Å²) in [4.78, 5) is 12.9. The first-order valence-electron chi connectivity index (χ1n) is 4.11. The zero-order valence-corrected chi connectivity index (χ0v) is 6.84. The van der Waals surface area contributed by atoms with E-state index in [1.165, 1.54) is 0 Å². The number of carbonyl (C=O) groups is 1. The Labute approximate surface area is 66.8 Å². The van der Waals surface area contributed by atoms with Gasteiger partial charge in [0.2, 0.25) is 0 Å². The van der Waals surface area contributed by atoms with Gasteiger partial charge in [-0.15, -0.1) is 0 Å². The van der Waals surface area contributed by atoms with E-state index in [1.54, 1.807) is 0 Å². The summed E-state index contributed by atoms with van der Waals surface area (Å²) < 4.78 is 0. The van der Waals surface area contributed by atoms with E-state index >= 15 is 0 Å². The average Bonchev–Trinajstić information content (AvgIpc) is 2.31. The van der Waals surface area contributed by atoms with Crippen LogP contribution in [0.25, 0.3) is 0 Å². The van der Waals surface area contributed by atoms with Crippen LogP contribution in [-0.4, -0.2) is 44.4 Å². The summed E-state index contributed by atoms with van der Waals surface area (Å²) in [5.41, 5.74) is 0.302. The van der Waals surface area contributed by atoms with Crippen LogP contribution in [0.2, 0.25) is 0 Å². The number of likely N-dealkylation sites (tertiary alicyclic amines) is 1. The first-order valence-corrected chi connectivity index (χ1v) is 4.11. The van der Waals surface area contributed by atoms with Gasteiger partial charge >= 0.3 is 0 Å². The van der Waals surface area contributed by atoms with Gasteiger partial charge in [-0.05, 0) is 7.05 Å². The van der Waals surface area contributed by atoms with Gasteiger partial charge in [0.1, 0.15) is 6.29 Å². The van der Waals surface area contributed by atoms with E-state index in [2.05, 4.69) is 17.3 Å². The zero-order chi connectivity index (χ0) is 7.90. The van der Waals surface area contributed by atoms with Crippen LogP contribution in [0, 0.1) is 11.3 Å². The van der Waals surface area contributed by atoms with E-state index in [-0.39, 0.29) is 5.92 Å². The van der Waals surface area contributed by atoms with Gasteiger partial charge in [-0.3, -0.25) is 0 Å². The van der Waals surface area contributed by atoms with E-state index in [0.717, 1.165) is 32.5 Å². The number of nitrogens with one attached hydrogen (secondary N) is 1. The topological polar surface area (TPSA) is 32.3 Å². The molecule has 3 heteroatoms. The van der Waals surface area contributed by atoms with Gasteiger partial charge in [-0.2, -0.15) is 0 Å². The molecule has 11 heavy (non-hydrogen) atoms. The van der Waals surface area contributed by atoms with Gasteiger partial charge in [-0.1, -0.05) is 0 Å². The maximum absolute atomic E-state index is 10.7. The summed E-state index contributed by atoms with van der Waals surface area (Å²) in [6.45, 7) is 4.09. The Hall–Kier alpha value is -0.410. The third-order valence-electron chi connectivity index (χ3n) is 2.96. The maximum Gasteiger partial charge on any atom is 0.125 e. The van der Waals surface area contributed by atoms with Crippen LogP contribution in [0.4, 0.5) is 0 Å². The third-order valence-corrected chi connectivity index (χ3v) is 2.96. The van der Waals surface area contributed by atoms with E-state index < -0.39 is 0 Å². The van der Waals surface area contributed by atoms with Crippen LogP contribution in [0.5, 0.6) is 0 Å². The van der Waals surface area contributed by atoms with Crippen LogP contribution in [0.15, 0.2) is 0 Å². The Balaban J connectivity index is 2.07. The van der Waals surface area contributed by atoms with Crippen LogP contribution in [-0.2, 0) is 4.79 Å². The summed E-state index contributed by atoms with van der Waals surface area (Å²) in [6.07, 6.45) is 1.12. The van der Waals surface area contributed by atoms with Crippen molar-refractivity contribution in [3.8, 4) is 0 Å². The second-order valence-corrected chi connectivity index (χ2v) is 3.91. The molecule has 0 aromatic carbocycles.